The standard InChI is InChI=1S/C15H10F3NO2S/c16-11-7-14(17)13(15(18)8-11)5-6-22-9-10-1-3-12(4-2-10)19(20)21/h1-8H,9H2. The Bertz CT molecular complexity index is 694. The smallest absolute Gasteiger partial charge is 0.258 e. The Morgan fingerprint density at radius 1 is 1.09 bits per heavy atom. The Morgan fingerprint density at radius 3 is 2.23 bits per heavy atom. The van der Waals surface area contributed by atoms with Gasteiger partial charge < -0.3 is 0 Å². The zero-order chi connectivity index (χ0) is 16.1. The summed E-state index contributed by atoms with van der Waals surface area (Å²) in [5.74, 6) is -2.42. The van der Waals surface area contributed by atoms with E-state index in [-0.39, 0.29) is 11.3 Å². The van der Waals surface area contributed by atoms with Gasteiger partial charge in [-0.25, -0.2) is 13.2 Å². The molecule has 0 radical (unpaired) electrons. The molecule has 0 aliphatic rings. The number of hydrogen-bond donors (Lipinski definition) is 0. The summed E-state index contributed by atoms with van der Waals surface area (Å²) in [4.78, 5) is 10.0. The van der Waals surface area contributed by atoms with Gasteiger partial charge in [-0.1, -0.05) is 12.1 Å². The van der Waals surface area contributed by atoms with E-state index in [1.807, 2.05) is 0 Å². The minimum atomic E-state index is -0.968. The van der Waals surface area contributed by atoms with Crippen molar-refractivity contribution < 1.29 is 18.1 Å². The Hall–Kier alpha value is -2.28. The maximum atomic E-state index is 13.4. The van der Waals surface area contributed by atoms with Crippen molar-refractivity contribution in [3.8, 4) is 0 Å². The normalized spacial score (nSPS) is 11.0. The number of non-ortho nitro benzene ring substituents is 1. The van der Waals surface area contributed by atoms with Crippen molar-refractivity contribution in [1.82, 2.24) is 0 Å². The number of rotatable bonds is 5. The third kappa shape index (κ3) is 4.11. The lowest BCUT2D eigenvalue weighted by atomic mass is 10.2. The van der Waals surface area contributed by atoms with Crippen LogP contribution >= 0.6 is 11.8 Å². The highest BCUT2D eigenvalue weighted by molar-refractivity contribution is 8.01. The van der Waals surface area contributed by atoms with Gasteiger partial charge in [-0.05, 0) is 17.0 Å². The third-order valence-electron chi connectivity index (χ3n) is 2.77. The first-order valence-corrected chi connectivity index (χ1v) is 7.18. The average molecular weight is 325 g/mol. The average Bonchev–Trinajstić information content (AvgIpc) is 2.46. The van der Waals surface area contributed by atoms with Gasteiger partial charge in [-0.2, -0.15) is 0 Å². The first kappa shape index (κ1) is 16.1. The van der Waals surface area contributed by atoms with Crippen LogP contribution in [0, 0.1) is 27.6 Å². The van der Waals surface area contributed by atoms with Crippen LogP contribution in [-0.4, -0.2) is 4.92 Å². The summed E-state index contributed by atoms with van der Waals surface area (Å²) >= 11 is 1.26. The summed E-state index contributed by atoms with van der Waals surface area (Å²) in [6, 6.07) is 7.22. The van der Waals surface area contributed by atoms with Gasteiger partial charge in [0.2, 0.25) is 0 Å². The van der Waals surface area contributed by atoms with E-state index in [2.05, 4.69) is 0 Å². The zero-order valence-corrected chi connectivity index (χ0v) is 11.9. The van der Waals surface area contributed by atoms with Crippen molar-refractivity contribution in [2.24, 2.45) is 0 Å². The van der Waals surface area contributed by atoms with Crippen LogP contribution < -0.4 is 0 Å². The van der Waals surface area contributed by atoms with Gasteiger partial charge in [0, 0.05) is 35.6 Å². The minimum absolute atomic E-state index is 0.000235. The van der Waals surface area contributed by atoms with Crippen LogP contribution in [0.5, 0.6) is 0 Å². The second-order valence-corrected chi connectivity index (χ2v) is 5.21. The van der Waals surface area contributed by atoms with E-state index in [1.165, 1.54) is 35.4 Å². The molecule has 0 fully saturated rings. The van der Waals surface area contributed by atoms with Crippen LogP contribution in [-0.2, 0) is 5.75 Å². The molecular formula is C15H10F3NO2S. The van der Waals surface area contributed by atoms with Gasteiger partial charge in [0.1, 0.15) is 17.5 Å². The van der Waals surface area contributed by atoms with E-state index in [9.17, 15) is 23.3 Å². The van der Waals surface area contributed by atoms with E-state index < -0.39 is 22.4 Å². The number of halogens is 3. The minimum Gasteiger partial charge on any atom is -0.258 e. The molecule has 0 atom stereocenters. The maximum Gasteiger partial charge on any atom is 0.269 e. The second kappa shape index (κ2) is 7.13. The largest absolute Gasteiger partial charge is 0.269 e. The first-order valence-electron chi connectivity index (χ1n) is 6.13. The van der Waals surface area contributed by atoms with Crippen molar-refractivity contribution in [3.05, 3.63) is 80.5 Å². The van der Waals surface area contributed by atoms with Gasteiger partial charge in [0.25, 0.3) is 5.69 Å². The van der Waals surface area contributed by atoms with Crippen molar-refractivity contribution in [3.63, 3.8) is 0 Å². The molecule has 0 bridgehead atoms. The van der Waals surface area contributed by atoms with Crippen LogP contribution in [0.3, 0.4) is 0 Å². The molecule has 0 aliphatic heterocycles. The van der Waals surface area contributed by atoms with E-state index in [4.69, 9.17) is 0 Å². The molecule has 0 N–H and O–H groups in total. The summed E-state index contributed by atoms with van der Waals surface area (Å²) < 4.78 is 39.5. The molecule has 0 saturated carbocycles. The van der Waals surface area contributed by atoms with Gasteiger partial charge in [0.05, 0.1) is 4.92 Å². The van der Waals surface area contributed by atoms with Crippen molar-refractivity contribution in [1.29, 1.82) is 0 Å². The van der Waals surface area contributed by atoms with E-state index in [0.29, 0.717) is 17.9 Å². The molecule has 0 heterocycles. The van der Waals surface area contributed by atoms with Crippen LogP contribution in [0.15, 0.2) is 41.8 Å². The Kier molecular flexibility index (Phi) is 5.21. The molecule has 0 aromatic heterocycles. The van der Waals surface area contributed by atoms with Gasteiger partial charge in [-0.3, -0.25) is 10.1 Å². The summed E-state index contributed by atoms with van der Waals surface area (Å²) in [6.45, 7) is 0. The molecule has 0 saturated heterocycles. The van der Waals surface area contributed by atoms with Crippen LogP contribution in [0.1, 0.15) is 11.1 Å². The highest BCUT2D eigenvalue weighted by Crippen LogP contribution is 2.21. The number of nitro benzene ring substituents is 1. The molecule has 2 aromatic carbocycles. The molecule has 0 spiro atoms. The third-order valence-corrected chi connectivity index (χ3v) is 3.60. The van der Waals surface area contributed by atoms with E-state index in [1.54, 1.807) is 12.1 Å². The number of hydrogen-bond acceptors (Lipinski definition) is 3. The van der Waals surface area contributed by atoms with Gasteiger partial charge >= 0.3 is 0 Å². The summed E-state index contributed by atoms with van der Waals surface area (Å²) in [5.41, 5.74) is 0.526. The summed E-state index contributed by atoms with van der Waals surface area (Å²) in [5, 5.41) is 12.0. The predicted molar refractivity (Wildman–Crippen MR) is 79.7 cm³/mol. The fourth-order valence-electron chi connectivity index (χ4n) is 1.69. The molecule has 0 unspecified atom stereocenters. The van der Waals surface area contributed by atoms with Crippen LogP contribution in [0.25, 0.3) is 6.08 Å². The van der Waals surface area contributed by atoms with Gasteiger partial charge in [0.15, 0.2) is 0 Å². The lowest BCUT2D eigenvalue weighted by Crippen LogP contribution is -1.90. The molecule has 3 nitrogen and oxygen atoms in total. The first-order chi connectivity index (χ1) is 10.5. The molecule has 0 aliphatic carbocycles. The SMILES string of the molecule is O=[N+]([O-])c1ccc(CSC=Cc2c(F)cc(F)cc2F)cc1. The topological polar surface area (TPSA) is 43.1 Å². The number of thioether (sulfide) groups is 1. The Morgan fingerprint density at radius 2 is 1.68 bits per heavy atom. The van der Waals surface area contributed by atoms with E-state index in [0.717, 1.165) is 5.56 Å². The fraction of sp³-hybridized carbons (Fsp3) is 0.0667. The Balaban J connectivity index is 1.97. The van der Waals surface area contributed by atoms with Gasteiger partial charge in [-0.15, -0.1) is 11.8 Å². The lowest BCUT2D eigenvalue weighted by molar-refractivity contribution is -0.384. The molecule has 2 rings (SSSR count). The molecule has 2 aromatic rings. The van der Waals surface area contributed by atoms with Crippen LogP contribution in [0.2, 0.25) is 0 Å². The monoisotopic (exact) mass is 325 g/mol. The maximum absolute atomic E-state index is 13.4. The number of nitro groups is 1. The summed E-state index contributed by atoms with van der Waals surface area (Å²) in [6.07, 6.45) is 1.22. The molecule has 22 heavy (non-hydrogen) atoms. The number of nitrogens with zero attached hydrogens (tertiary/aromatic N) is 1. The highest BCUT2D eigenvalue weighted by Gasteiger charge is 2.08. The van der Waals surface area contributed by atoms with Crippen molar-refractivity contribution >= 4 is 23.5 Å². The predicted octanol–water partition coefficient (Wildman–Crippen LogP) is 4.92. The quantitative estimate of drug-likeness (QED) is 0.579. The summed E-state index contributed by atoms with van der Waals surface area (Å²) in [7, 11) is 0. The van der Waals surface area contributed by atoms with Crippen molar-refractivity contribution in [2.45, 2.75) is 5.75 Å². The van der Waals surface area contributed by atoms with E-state index >= 15 is 0 Å². The Labute approximate surface area is 128 Å². The molecular weight excluding hydrogens is 315 g/mol. The second-order valence-electron chi connectivity index (χ2n) is 4.32. The molecule has 7 heteroatoms. The number of benzene rings is 2. The lowest BCUT2D eigenvalue weighted by Gasteiger charge is -2.00. The fourth-order valence-corrected chi connectivity index (χ4v) is 2.40. The molecule has 114 valence electrons. The zero-order valence-electron chi connectivity index (χ0n) is 11.1. The van der Waals surface area contributed by atoms with Crippen molar-refractivity contribution in [2.75, 3.05) is 0 Å². The van der Waals surface area contributed by atoms with Crippen LogP contribution in [0.4, 0.5) is 18.9 Å². The molecule has 0 amide bonds. The highest BCUT2D eigenvalue weighted by atomic mass is 32.2.